The van der Waals surface area contributed by atoms with Gasteiger partial charge < -0.3 is 9.47 Å². The van der Waals surface area contributed by atoms with Gasteiger partial charge in [-0.25, -0.2) is 0 Å². The maximum absolute atomic E-state index is 5.42. The molecule has 1 aliphatic heterocycles. The van der Waals surface area contributed by atoms with Crippen LogP contribution in [0.2, 0.25) is 0 Å². The lowest BCUT2D eigenvalue weighted by Gasteiger charge is -2.28. The summed E-state index contributed by atoms with van der Waals surface area (Å²) in [6, 6.07) is -0.00435. The summed E-state index contributed by atoms with van der Waals surface area (Å²) in [6.07, 6.45) is 5.72. The maximum atomic E-state index is 5.42. The summed E-state index contributed by atoms with van der Waals surface area (Å²) in [5.41, 5.74) is 2.63. The van der Waals surface area contributed by atoms with Crippen LogP contribution in [-0.2, 0) is 9.47 Å². The molecule has 0 bridgehead atoms. The van der Waals surface area contributed by atoms with E-state index in [4.69, 9.17) is 21.7 Å². The molecule has 2 unspecified atom stereocenters. The zero-order chi connectivity index (χ0) is 8.81. The lowest BCUT2D eigenvalue weighted by Crippen LogP contribution is -2.49. The molecule has 1 aliphatic rings. The summed E-state index contributed by atoms with van der Waals surface area (Å²) in [4.78, 5) is 0. The van der Waals surface area contributed by atoms with E-state index in [0.717, 1.165) is 0 Å². The molecule has 0 radical (unpaired) electrons. The molecule has 0 aromatic carbocycles. The van der Waals surface area contributed by atoms with Crippen LogP contribution in [0, 0.1) is 12.3 Å². The van der Waals surface area contributed by atoms with Gasteiger partial charge in [0.25, 0.3) is 0 Å². The molecular formula is C8H14N2O2. The van der Waals surface area contributed by atoms with Gasteiger partial charge in [0.15, 0.2) is 0 Å². The first-order chi connectivity index (χ1) is 5.88. The Morgan fingerprint density at radius 2 is 2.50 bits per heavy atom. The van der Waals surface area contributed by atoms with Crippen LogP contribution in [0.1, 0.15) is 6.42 Å². The molecule has 0 amide bonds. The molecule has 12 heavy (non-hydrogen) atoms. The largest absolute Gasteiger partial charge is 0.376 e. The molecule has 68 valence electrons. The molecule has 0 aromatic heterocycles. The Hall–Kier alpha value is -0.600. The van der Waals surface area contributed by atoms with Gasteiger partial charge in [-0.3, -0.25) is 11.3 Å². The fourth-order valence-corrected chi connectivity index (χ4v) is 1.16. The predicted octanol–water partition coefficient (Wildman–Crippen LogP) is -0.743. The van der Waals surface area contributed by atoms with Crippen LogP contribution < -0.4 is 11.3 Å². The number of rotatable bonds is 3. The number of terminal acetylenes is 1. The second-order valence-corrected chi connectivity index (χ2v) is 2.67. The van der Waals surface area contributed by atoms with Gasteiger partial charge in [0, 0.05) is 6.42 Å². The molecule has 1 fully saturated rings. The number of hydrogen-bond acceptors (Lipinski definition) is 4. The minimum atomic E-state index is -0.0141. The third kappa shape index (κ3) is 2.47. The second-order valence-electron chi connectivity index (χ2n) is 2.67. The number of hydrogen-bond donors (Lipinski definition) is 2. The molecule has 4 nitrogen and oxygen atoms in total. The lowest BCUT2D eigenvalue weighted by atomic mass is 10.1. The van der Waals surface area contributed by atoms with Crippen molar-refractivity contribution in [3.05, 3.63) is 0 Å². The summed E-state index contributed by atoms with van der Waals surface area (Å²) >= 11 is 0. The quantitative estimate of drug-likeness (QED) is 0.333. The summed E-state index contributed by atoms with van der Waals surface area (Å²) in [5.74, 6) is 7.85. The number of hydrazine groups is 1. The van der Waals surface area contributed by atoms with E-state index in [2.05, 4.69) is 11.3 Å². The zero-order valence-electron chi connectivity index (χ0n) is 6.95. The van der Waals surface area contributed by atoms with Gasteiger partial charge in [-0.1, -0.05) is 0 Å². The van der Waals surface area contributed by atoms with Crippen molar-refractivity contribution in [2.45, 2.75) is 18.6 Å². The molecule has 0 saturated carbocycles. The standard InChI is InChI=1S/C8H14N2O2/c1-2-3-7(10-9)8-6-11-4-5-12-8/h1,7-8,10H,3-6,9H2. The van der Waals surface area contributed by atoms with Gasteiger partial charge in [0.05, 0.1) is 32.0 Å². The molecule has 0 aromatic rings. The van der Waals surface area contributed by atoms with Crippen LogP contribution in [0.5, 0.6) is 0 Å². The second kappa shape index (κ2) is 5.12. The first-order valence-corrected chi connectivity index (χ1v) is 3.97. The Morgan fingerprint density at radius 3 is 3.00 bits per heavy atom. The van der Waals surface area contributed by atoms with Crippen molar-refractivity contribution >= 4 is 0 Å². The maximum Gasteiger partial charge on any atom is 0.0984 e. The Balaban J connectivity index is 2.36. The summed E-state index contributed by atoms with van der Waals surface area (Å²) in [7, 11) is 0. The molecule has 3 N–H and O–H groups in total. The highest BCUT2D eigenvalue weighted by Crippen LogP contribution is 2.07. The minimum Gasteiger partial charge on any atom is -0.376 e. The molecule has 1 heterocycles. The third-order valence-corrected chi connectivity index (χ3v) is 1.84. The van der Waals surface area contributed by atoms with Gasteiger partial charge in [-0.2, -0.15) is 0 Å². The van der Waals surface area contributed by atoms with Crippen molar-refractivity contribution in [3.8, 4) is 12.3 Å². The van der Waals surface area contributed by atoms with Gasteiger partial charge >= 0.3 is 0 Å². The minimum absolute atomic E-state index is 0.00435. The fraction of sp³-hybridized carbons (Fsp3) is 0.750. The molecule has 1 rings (SSSR count). The van der Waals surface area contributed by atoms with Crippen molar-refractivity contribution in [1.82, 2.24) is 5.43 Å². The Morgan fingerprint density at radius 1 is 1.67 bits per heavy atom. The summed E-state index contributed by atoms with van der Waals surface area (Å²) in [6.45, 7) is 1.84. The van der Waals surface area contributed by atoms with E-state index in [1.54, 1.807) is 0 Å². The van der Waals surface area contributed by atoms with Gasteiger partial charge in [-0.15, -0.1) is 12.3 Å². The van der Waals surface area contributed by atoms with Crippen LogP contribution in [0.15, 0.2) is 0 Å². The average Bonchev–Trinajstić information content (AvgIpc) is 2.15. The molecular weight excluding hydrogens is 156 g/mol. The molecule has 4 heteroatoms. The summed E-state index contributed by atoms with van der Waals surface area (Å²) in [5, 5.41) is 0. The smallest absolute Gasteiger partial charge is 0.0984 e. The van der Waals surface area contributed by atoms with E-state index in [9.17, 15) is 0 Å². The highest BCUT2D eigenvalue weighted by molar-refractivity contribution is 4.92. The third-order valence-electron chi connectivity index (χ3n) is 1.84. The Bertz CT molecular complexity index is 161. The van der Waals surface area contributed by atoms with E-state index < -0.39 is 0 Å². The highest BCUT2D eigenvalue weighted by atomic mass is 16.6. The van der Waals surface area contributed by atoms with Crippen molar-refractivity contribution in [1.29, 1.82) is 0 Å². The van der Waals surface area contributed by atoms with E-state index in [1.165, 1.54) is 0 Å². The number of ether oxygens (including phenoxy) is 2. The molecule has 0 aliphatic carbocycles. The van der Waals surface area contributed by atoms with Crippen molar-refractivity contribution in [2.24, 2.45) is 5.84 Å². The first kappa shape index (κ1) is 9.49. The Labute approximate surface area is 72.4 Å². The molecule has 2 atom stereocenters. The van der Waals surface area contributed by atoms with Crippen molar-refractivity contribution < 1.29 is 9.47 Å². The normalized spacial score (nSPS) is 26.2. The van der Waals surface area contributed by atoms with E-state index >= 15 is 0 Å². The van der Waals surface area contributed by atoms with E-state index in [0.29, 0.717) is 26.2 Å². The van der Waals surface area contributed by atoms with E-state index in [1.807, 2.05) is 0 Å². The Kier molecular flexibility index (Phi) is 4.05. The van der Waals surface area contributed by atoms with Crippen LogP contribution in [0.25, 0.3) is 0 Å². The zero-order valence-corrected chi connectivity index (χ0v) is 6.95. The van der Waals surface area contributed by atoms with Crippen LogP contribution >= 0.6 is 0 Å². The topological polar surface area (TPSA) is 56.5 Å². The monoisotopic (exact) mass is 170 g/mol. The van der Waals surface area contributed by atoms with Crippen LogP contribution in [-0.4, -0.2) is 32.0 Å². The molecule has 1 saturated heterocycles. The van der Waals surface area contributed by atoms with Gasteiger partial charge in [-0.05, 0) is 0 Å². The SMILES string of the molecule is C#CCC(NN)C1COCCO1. The average molecular weight is 170 g/mol. The van der Waals surface area contributed by atoms with Crippen molar-refractivity contribution in [2.75, 3.05) is 19.8 Å². The van der Waals surface area contributed by atoms with Gasteiger partial charge in [0.2, 0.25) is 0 Å². The predicted molar refractivity (Wildman–Crippen MR) is 45.1 cm³/mol. The van der Waals surface area contributed by atoms with Crippen molar-refractivity contribution in [3.63, 3.8) is 0 Å². The van der Waals surface area contributed by atoms with Crippen LogP contribution in [0.3, 0.4) is 0 Å². The first-order valence-electron chi connectivity index (χ1n) is 3.97. The highest BCUT2D eigenvalue weighted by Gasteiger charge is 2.23. The fourth-order valence-electron chi connectivity index (χ4n) is 1.16. The summed E-state index contributed by atoms with van der Waals surface area (Å²) < 4.78 is 10.6. The van der Waals surface area contributed by atoms with Crippen LogP contribution in [0.4, 0.5) is 0 Å². The lowest BCUT2D eigenvalue weighted by molar-refractivity contribution is -0.101. The number of nitrogens with one attached hydrogen (secondary N) is 1. The van der Waals surface area contributed by atoms with Gasteiger partial charge in [0.1, 0.15) is 0 Å². The number of nitrogens with two attached hydrogens (primary N) is 1. The van der Waals surface area contributed by atoms with E-state index in [-0.39, 0.29) is 12.1 Å². The molecule has 0 spiro atoms.